The van der Waals surface area contributed by atoms with Crippen LogP contribution in [0.15, 0.2) is 60.7 Å². The number of fused-ring (bicyclic) bond motifs is 3. The van der Waals surface area contributed by atoms with Gasteiger partial charge in [0.25, 0.3) is 11.6 Å². The number of carbonyl (C=O) groups is 2. The number of nitrogens with one attached hydrogen (secondary N) is 1. The summed E-state index contributed by atoms with van der Waals surface area (Å²) in [6.45, 7) is 8.02. The number of benzene rings is 3. The number of nitro groups is 1. The van der Waals surface area contributed by atoms with Gasteiger partial charge in [-0.3, -0.25) is 14.9 Å². The number of aromatic nitrogens is 1. The lowest BCUT2D eigenvalue weighted by atomic mass is 9.98. The van der Waals surface area contributed by atoms with Crippen molar-refractivity contribution in [3.63, 3.8) is 0 Å². The highest BCUT2D eigenvalue weighted by molar-refractivity contribution is 6.10. The third-order valence-electron chi connectivity index (χ3n) is 7.54. The number of para-hydroxylation sites is 1. The summed E-state index contributed by atoms with van der Waals surface area (Å²) in [5.74, 6) is -0.697. The van der Waals surface area contributed by atoms with Gasteiger partial charge in [-0.25, -0.2) is 4.79 Å². The quantitative estimate of drug-likeness (QED) is 0.175. The molecule has 4 aromatic rings. The molecule has 202 valence electrons. The molecule has 9 heteroatoms. The summed E-state index contributed by atoms with van der Waals surface area (Å²) >= 11 is 0. The lowest BCUT2D eigenvalue weighted by Crippen LogP contribution is -2.33. The predicted molar refractivity (Wildman–Crippen MR) is 152 cm³/mol. The summed E-state index contributed by atoms with van der Waals surface area (Å²) in [6.07, 6.45) is 0.815. The van der Waals surface area contributed by atoms with E-state index in [-0.39, 0.29) is 11.3 Å². The molecule has 0 spiro atoms. The van der Waals surface area contributed by atoms with Crippen LogP contribution in [0.4, 0.5) is 17.1 Å². The molecular weight excluding hydrogens is 496 g/mol. The number of amides is 1. The number of carbonyl (C=O) groups excluding carboxylic acids is 2. The van der Waals surface area contributed by atoms with Gasteiger partial charge < -0.3 is 19.5 Å². The number of piperidine rings is 1. The fourth-order valence-corrected chi connectivity index (χ4v) is 5.31. The molecule has 39 heavy (non-hydrogen) atoms. The van der Waals surface area contributed by atoms with Gasteiger partial charge in [0.05, 0.1) is 10.5 Å². The molecule has 1 N–H and O–H groups in total. The monoisotopic (exact) mass is 528 g/mol. The minimum Gasteiger partial charge on any atom is -0.449 e. The minimum absolute atomic E-state index is 0.0317. The molecule has 5 rings (SSSR count). The van der Waals surface area contributed by atoms with E-state index in [1.807, 2.05) is 35.2 Å². The molecule has 0 saturated carbocycles. The van der Waals surface area contributed by atoms with Gasteiger partial charge in [-0.05, 0) is 69.0 Å². The highest BCUT2D eigenvalue weighted by atomic mass is 16.6. The average molecular weight is 529 g/mol. The van der Waals surface area contributed by atoms with Crippen LogP contribution in [-0.4, -0.2) is 40.6 Å². The van der Waals surface area contributed by atoms with Gasteiger partial charge in [0.15, 0.2) is 6.10 Å². The second kappa shape index (κ2) is 10.8. The molecule has 2 heterocycles. The molecule has 3 aromatic carbocycles. The highest BCUT2D eigenvalue weighted by Gasteiger charge is 2.26. The fourth-order valence-electron chi connectivity index (χ4n) is 5.31. The van der Waals surface area contributed by atoms with Crippen molar-refractivity contribution in [1.82, 2.24) is 4.57 Å². The van der Waals surface area contributed by atoms with Gasteiger partial charge in [-0.2, -0.15) is 0 Å². The zero-order chi connectivity index (χ0) is 27.7. The van der Waals surface area contributed by atoms with Gasteiger partial charge in [-0.1, -0.05) is 25.1 Å². The van der Waals surface area contributed by atoms with Crippen molar-refractivity contribution >= 4 is 50.7 Å². The summed E-state index contributed by atoms with van der Waals surface area (Å²) in [4.78, 5) is 39.0. The van der Waals surface area contributed by atoms with Gasteiger partial charge in [0, 0.05) is 53.2 Å². The summed E-state index contributed by atoms with van der Waals surface area (Å²) in [7, 11) is 0. The molecule has 1 saturated heterocycles. The van der Waals surface area contributed by atoms with Crippen LogP contribution in [0.2, 0.25) is 0 Å². The van der Waals surface area contributed by atoms with Crippen molar-refractivity contribution in [2.24, 2.45) is 5.92 Å². The second-order valence-corrected chi connectivity index (χ2v) is 10.2. The first-order valence-electron chi connectivity index (χ1n) is 13.3. The minimum atomic E-state index is -1.10. The lowest BCUT2D eigenvalue weighted by molar-refractivity contribution is -0.384. The third-order valence-corrected chi connectivity index (χ3v) is 7.54. The van der Waals surface area contributed by atoms with E-state index < -0.39 is 22.9 Å². The van der Waals surface area contributed by atoms with Crippen LogP contribution < -0.4 is 10.2 Å². The van der Waals surface area contributed by atoms with E-state index in [2.05, 4.69) is 35.9 Å². The Bertz CT molecular complexity index is 1570. The maximum atomic E-state index is 12.9. The average Bonchev–Trinajstić information content (AvgIpc) is 3.26. The standard InChI is InChI=1S/C30H32N4O5/c1-4-33-25-8-6-5-7-23(25)24-18-22(10-12-26(24)33)31-29(35)20(3)39-30(36)21-9-11-27(28(17-21)34(37)38)32-15-13-19(2)14-16-32/h5-12,17-20H,4,13-16H2,1-3H3,(H,31,35). The normalized spacial score (nSPS) is 14.9. The maximum Gasteiger partial charge on any atom is 0.339 e. The number of anilines is 2. The van der Waals surface area contributed by atoms with Crippen molar-refractivity contribution in [2.45, 2.75) is 46.3 Å². The van der Waals surface area contributed by atoms with Crippen LogP contribution in [0.5, 0.6) is 0 Å². The zero-order valence-corrected chi connectivity index (χ0v) is 22.3. The predicted octanol–water partition coefficient (Wildman–Crippen LogP) is 6.14. The Hall–Kier alpha value is -4.40. The van der Waals surface area contributed by atoms with E-state index in [4.69, 9.17) is 4.74 Å². The summed E-state index contributed by atoms with van der Waals surface area (Å²) in [5.41, 5.74) is 3.16. The molecule has 9 nitrogen and oxygen atoms in total. The van der Waals surface area contributed by atoms with E-state index in [0.29, 0.717) is 17.3 Å². The lowest BCUT2D eigenvalue weighted by Gasteiger charge is -2.31. The SMILES string of the molecule is CCn1c2ccccc2c2cc(NC(=O)C(C)OC(=O)c3ccc(N4CCC(C)CC4)c([N+](=O)[O-])c3)ccc21. The molecule has 1 aliphatic rings. The van der Waals surface area contributed by atoms with E-state index in [9.17, 15) is 19.7 Å². The summed E-state index contributed by atoms with van der Waals surface area (Å²) in [6, 6.07) is 18.2. The molecular formula is C30H32N4O5. The van der Waals surface area contributed by atoms with E-state index in [1.54, 1.807) is 6.07 Å². The van der Waals surface area contributed by atoms with E-state index in [0.717, 1.165) is 54.3 Å². The van der Waals surface area contributed by atoms with Gasteiger partial charge in [0.2, 0.25) is 0 Å². The third kappa shape index (κ3) is 5.16. The number of hydrogen-bond acceptors (Lipinski definition) is 6. The molecule has 1 unspecified atom stereocenters. The summed E-state index contributed by atoms with van der Waals surface area (Å²) in [5, 5.41) is 16.7. The van der Waals surface area contributed by atoms with Crippen LogP contribution in [0.3, 0.4) is 0 Å². The largest absolute Gasteiger partial charge is 0.449 e. The number of esters is 1. The van der Waals surface area contributed by atoms with Crippen molar-refractivity contribution in [3.8, 4) is 0 Å². The van der Waals surface area contributed by atoms with Gasteiger partial charge >= 0.3 is 5.97 Å². The van der Waals surface area contributed by atoms with Crippen LogP contribution >= 0.6 is 0 Å². The molecule has 1 aliphatic heterocycles. The molecule has 0 bridgehead atoms. The van der Waals surface area contributed by atoms with Crippen LogP contribution in [0.25, 0.3) is 21.8 Å². The Balaban J connectivity index is 1.30. The van der Waals surface area contributed by atoms with Crippen molar-refractivity contribution < 1.29 is 19.2 Å². The van der Waals surface area contributed by atoms with Crippen molar-refractivity contribution in [3.05, 3.63) is 76.3 Å². The van der Waals surface area contributed by atoms with Crippen LogP contribution in [0, 0.1) is 16.0 Å². The Morgan fingerprint density at radius 1 is 1.05 bits per heavy atom. The van der Waals surface area contributed by atoms with Crippen molar-refractivity contribution in [1.29, 1.82) is 0 Å². The first-order chi connectivity index (χ1) is 18.8. The number of ether oxygens (including phenoxy) is 1. The second-order valence-electron chi connectivity index (χ2n) is 10.2. The smallest absolute Gasteiger partial charge is 0.339 e. The molecule has 1 aromatic heterocycles. The number of aryl methyl sites for hydroxylation is 1. The Labute approximate surface area is 226 Å². The molecule has 1 atom stereocenters. The van der Waals surface area contributed by atoms with Gasteiger partial charge in [-0.15, -0.1) is 0 Å². The first kappa shape index (κ1) is 26.2. The van der Waals surface area contributed by atoms with Crippen molar-refractivity contribution in [2.75, 3.05) is 23.3 Å². The first-order valence-corrected chi connectivity index (χ1v) is 13.3. The molecule has 1 fully saturated rings. The molecule has 1 amide bonds. The zero-order valence-electron chi connectivity index (χ0n) is 22.3. The molecule has 0 aliphatic carbocycles. The maximum absolute atomic E-state index is 12.9. The van der Waals surface area contributed by atoms with E-state index >= 15 is 0 Å². The summed E-state index contributed by atoms with van der Waals surface area (Å²) < 4.78 is 7.61. The number of hydrogen-bond donors (Lipinski definition) is 1. The Kier molecular flexibility index (Phi) is 7.24. The van der Waals surface area contributed by atoms with E-state index in [1.165, 1.54) is 19.1 Å². The molecule has 0 radical (unpaired) electrons. The number of nitro benzene ring substituents is 1. The highest BCUT2D eigenvalue weighted by Crippen LogP contribution is 2.33. The van der Waals surface area contributed by atoms with Crippen LogP contribution in [0.1, 0.15) is 44.0 Å². The number of rotatable bonds is 7. The Morgan fingerprint density at radius 2 is 1.77 bits per heavy atom. The van der Waals surface area contributed by atoms with Crippen LogP contribution in [-0.2, 0) is 16.1 Å². The fraction of sp³-hybridized carbons (Fsp3) is 0.333. The Morgan fingerprint density at radius 3 is 2.49 bits per heavy atom. The van der Waals surface area contributed by atoms with Gasteiger partial charge in [0.1, 0.15) is 5.69 Å². The number of nitrogens with zero attached hydrogens (tertiary/aromatic N) is 3. The topological polar surface area (TPSA) is 107 Å².